The molecule has 0 heterocycles. The van der Waals surface area contributed by atoms with Crippen LogP contribution in [0, 0.1) is 5.41 Å². The van der Waals surface area contributed by atoms with E-state index >= 15 is 0 Å². The van der Waals surface area contributed by atoms with Gasteiger partial charge in [-0.3, -0.25) is 0 Å². The fourth-order valence-electron chi connectivity index (χ4n) is 2.78. The van der Waals surface area contributed by atoms with Crippen molar-refractivity contribution < 1.29 is 14.2 Å². The topological polar surface area (TPSA) is 53.7 Å². The zero-order chi connectivity index (χ0) is 14.8. The maximum absolute atomic E-state index is 6.10. The van der Waals surface area contributed by atoms with Crippen molar-refractivity contribution >= 4 is 0 Å². The minimum Gasteiger partial charge on any atom is -0.493 e. The summed E-state index contributed by atoms with van der Waals surface area (Å²) in [6, 6.07) is 6.43. The molecule has 0 amide bonds. The second kappa shape index (κ2) is 6.02. The molecule has 1 fully saturated rings. The zero-order valence-electron chi connectivity index (χ0n) is 12.8. The molecular formula is C16H25NO3. The summed E-state index contributed by atoms with van der Waals surface area (Å²) in [4.78, 5) is 0. The summed E-state index contributed by atoms with van der Waals surface area (Å²) in [6.45, 7) is 5.53. The highest BCUT2D eigenvalue weighted by Gasteiger charge is 2.46. The maximum atomic E-state index is 6.10. The molecule has 0 radical (unpaired) electrons. The SMILES string of the molecule is COCCOc1ccc(C2CC(N)C2(C)C)cc1OC. The van der Waals surface area contributed by atoms with Gasteiger partial charge >= 0.3 is 0 Å². The fourth-order valence-corrected chi connectivity index (χ4v) is 2.78. The van der Waals surface area contributed by atoms with E-state index in [2.05, 4.69) is 26.0 Å². The fraction of sp³-hybridized carbons (Fsp3) is 0.625. The zero-order valence-corrected chi connectivity index (χ0v) is 12.8. The highest BCUT2D eigenvalue weighted by molar-refractivity contribution is 5.45. The van der Waals surface area contributed by atoms with E-state index in [0.29, 0.717) is 19.1 Å². The number of ether oxygens (including phenoxy) is 3. The van der Waals surface area contributed by atoms with E-state index in [4.69, 9.17) is 19.9 Å². The lowest BCUT2D eigenvalue weighted by Crippen LogP contribution is -2.52. The Kier molecular flexibility index (Phi) is 4.55. The predicted octanol–water partition coefficient (Wildman–Crippen LogP) is 2.56. The molecule has 0 aromatic heterocycles. The first-order chi connectivity index (χ1) is 9.50. The van der Waals surface area contributed by atoms with Crippen molar-refractivity contribution in [2.45, 2.75) is 32.2 Å². The van der Waals surface area contributed by atoms with Gasteiger partial charge in [0.2, 0.25) is 0 Å². The van der Waals surface area contributed by atoms with E-state index < -0.39 is 0 Å². The lowest BCUT2D eigenvalue weighted by Gasteiger charge is -2.50. The second-order valence-corrected chi connectivity index (χ2v) is 5.97. The maximum Gasteiger partial charge on any atom is 0.161 e. The molecule has 2 atom stereocenters. The molecule has 2 unspecified atom stereocenters. The number of rotatable bonds is 6. The molecule has 0 aliphatic heterocycles. The number of methoxy groups -OCH3 is 2. The van der Waals surface area contributed by atoms with E-state index in [-0.39, 0.29) is 11.5 Å². The van der Waals surface area contributed by atoms with Crippen molar-refractivity contribution in [2.24, 2.45) is 11.1 Å². The largest absolute Gasteiger partial charge is 0.493 e. The summed E-state index contributed by atoms with van der Waals surface area (Å²) < 4.78 is 16.1. The standard InChI is InChI=1S/C16H25NO3/c1-16(2)12(10-15(16)17)11-5-6-13(14(9-11)19-4)20-8-7-18-3/h5-6,9,12,15H,7-8,10,17H2,1-4H3. The van der Waals surface area contributed by atoms with Crippen molar-refractivity contribution in [3.63, 3.8) is 0 Å². The first-order valence-corrected chi connectivity index (χ1v) is 7.06. The Morgan fingerprint density at radius 1 is 1.20 bits per heavy atom. The summed E-state index contributed by atoms with van der Waals surface area (Å²) in [7, 11) is 3.32. The van der Waals surface area contributed by atoms with Gasteiger partial charge in [-0.1, -0.05) is 19.9 Å². The van der Waals surface area contributed by atoms with Crippen molar-refractivity contribution in [3.8, 4) is 11.5 Å². The smallest absolute Gasteiger partial charge is 0.161 e. The third-order valence-electron chi connectivity index (χ3n) is 4.48. The number of hydrogen-bond acceptors (Lipinski definition) is 4. The second-order valence-electron chi connectivity index (χ2n) is 5.97. The molecule has 0 spiro atoms. The predicted molar refractivity (Wildman–Crippen MR) is 79.5 cm³/mol. The van der Waals surface area contributed by atoms with E-state index in [0.717, 1.165) is 17.9 Å². The molecule has 2 N–H and O–H groups in total. The average Bonchev–Trinajstić information content (AvgIpc) is 2.45. The van der Waals surface area contributed by atoms with Gasteiger partial charge in [0.05, 0.1) is 13.7 Å². The highest BCUT2D eigenvalue weighted by Crippen LogP contribution is 2.52. The van der Waals surface area contributed by atoms with Crippen LogP contribution < -0.4 is 15.2 Å². The first-order valence-electron chi connectivity index (χ1n) is 7.06. The first kappa shape index (κ1) is 15.1. The molecular weight excluding hydrogens is 254 g/mol. The Morgan fingerprint density at radius 3 is 2.50 bits per heavy atom. The quantitative estimate of drug-likeness (QED) is 0.813. The van der Waals surface area contributed by atoms with Gasteiger partial charge in [0.25, 0.3) is 0 Å². The van der Waals surface area contributed by atoms with E-state index in [1.54, 1.807) is 14.2 Å². The minimum atomic E-state index is 0.142. The van der Waals surface area contributed by atoms with Gasteiger partial charge in [0, 0.05) is 13.2 Å². The summed E-state index contributed by atoms with van der Waals surface area (Å²) in [5.74, 6) is 2.02. The van der Waals surface area contributed by atoms with Crippen LogP contribution in [0.4, 0.5) is 0 Å². The van der Waals surface area contributed by atoms with Gasteiger partial charge in [-0.15, -0.1) is 0 Å². The molecule has 0 saturated heterocycles. The monoisotopic (exact) mass is 279 g/mol. The van der Waals surface area contributed by atoms with E-state index in [1.807, 2.05) is 6.07 Å². The van der Waals surface area contributed by atoms with Crippen LogP contribution in [0.3, 0.4) is 0 Å². The van der Waals surface area contributed by atoms with Gasteiger partial charge in [-0.25, -0.2) is 0 Å². The van der Waals surface area contributed by atoms with Crippen LogP contribution in [-0.2, 0) is 4.74 Å². The molecule has 1 aromatic carbocycles. The highest BCUT2D eigenvalue weighted by atomic mass is 16.5. The summed E-state index contributed by atoms with van der Waals surface area (Å²) in [6.07, 6.45) is 1.03. The van der Waals surface area contributed by atoms with Crippen LogP contribution in [0.1, 0.15) is 31.7 Å². The van der Waals surface area contributed by atoms with Crippen molar-refractivity contribution in [3.05, 3.63) is 23.8 Å². The summed E-state index contributed by atoms with van der Waals surface area (Å²) in [5, 5.41) is 0. The summed E-state index contributed by atoms with van der Waals surface area (Å²) >= 11 is 0. The van der Waals surface area contributed by atoms with E-state index in [9.17, 15) is 0 Å². The van der Waals surface area contributed by atoms with Gasteiger partial charge < -0.3 is 19.9 Å². The Balaban J connectivity index is 2.13. The minimum absolute atomic E-state index is 0.142. The van der Waals surface area contributed by atoms with Crippen LogP contribution in [0.2, 0.25) is 0 Å². The molecule has 4 heteroatoms. The number of nitrogens with two attached hydrogens (primary N) is 1. The van der Waals surface area contributed by atoms with Crippen LogP contribution in [0.25, 0.3) is 0 Å². The molecule has 0 bridgehead atoms. The van der Waals surface area contributed by atoms with Gasteiger partial charge in [-0.2, -0.15) is 0 Å². The van der Waals surface area contributed by atoms with Gasteiger partial charge in [-0.05, 0) is 35.4 Å². The lowest BCUT2D eigenvalue weighted by molar-refractivity contribution is 0.0980. The van der Waals surface area contributed by atoms with Gasteiger partial charge in [0.1, 0.15) is 6.61 Å². The molecule has 1 aliphatic carbocycles. The third-order valence-corrected chi connectivity index (χ3v) is 4.48. The molecule has 4 nitrogen and oxygen atoms in total. The van der Waals surface area contributed by atoms with Crippen LogP contribution in [-0.4, -0.2) is 33.5 Å². The molecule has 1 aromatic rings. The normalized spacial score (nSPS) is 24.1. The average molecular weight is 279 g/mol. The molecule has 2 rings (SSSR count). The molecule has 1 aliphatic rings. The summed E-state index contributed by atoms with van der Waals surface area (Å²) in [5.41, 5.74) is 7.51. The number of hydrogen-bond donors (Lipinski definition) is 1. The Bertz CT molecular complexity index is 459. The van der Waals surface area contributed by atoms with Crippen molar-refractivity contribution in [2.75, 3.05) is 27.4 Å². The van der Waals surface area contributed by atoms with Crippen LogP contribution in [0.15, 0.2) is 18.2 Å². The van der Waals surface area contributed by atoms with Gasteiger partial charge in [0.15, 0.2) is 11.5 Å². The van der Waals surface area contributed by atoms with Crippen molar-refractivity contribution in [1.82, 2.24) is 0 Å². The Labute approximate surface area is 121 Å². The van der Waals surface area contributed by atoms with Crippen LogP contribution in [0.5, 0.6) is 11.5 Å². The number of benzene rings is 1. The molecule has 1 saturated carbocycles. The van der Waals surface area contributed by atoms with Crippen LogP contribution >= 0.6 is 0 Å². The Morgan fingerprint density at radius 2 is 1.95 bits per heavy atom. The van der Waals surface area contributed by atoms with E-state index in [1.165, 1.54) is 5.56 Å². The van der Waals surface area contributed by atoms with Crippen molar-refractivity contribution in [1.29, 1.82) is 0 Å². The molecule has 112 valence electrons. The molecule has 20 heavy (non-hydrogen) atoms. The third kappa shape index (κ3) is 2.76. The Hall–Kier alpha value is -1.26. The lowest BCUT2D eigenvalue weighted by atomic mass is 9.57.